The quantitative estimate of drug-likeness (QED) is 0.699. The first-order chi connectivity index (χ1) is 9.45. The van der Waals surface area contributed by atoms with Crippen LogP contribution in [0, 0.1) is 5.82 Å². The van der Waals surface area contributed by atoms with E-state index in [-0.39, 0.29) is 17.8 Å². The van der Waals surface area contributed by atoms with Gasteiger partial charge in [0, 0.05) is 11.8 Å². The molecule has 8 heteroatoms. The topological polar surface area (TPSA) is 116 Å². The van der Waals surface area contributed by atoms with Crippen molar-refractivity contribution in [3.8, 4) is 0 Å². The van der Waals surface area contributed by atoms with Gasteiger partial charge in [-0.05, 0) is 18.2 Å². The van der Waals surface area contributed by atoms with Crippen molar-refractivity contribution in [2.24, 2.45) is 5.73 Å². The van der Waals surface area contributed by atoms with Crippen LogP contribution in [-0.4, -0.2) is 21.6 Å². The fourth-order valence-electron chi connectivity index (χ4n) is 1.55. The Hall–Kier alpha value is -2.90. The van der Waals surface area contributed by atoms with Crippen LogP contribution in [0.3, 0.4) is 0 Å². The monoisotopic (exact) mass is 277 g/mol. The second-order valence-corrected chi connectivity index (χ2v) is 4.08. The van der Waals surface area contributed by atoms with Gasteiger partial charge in [0.25, 0.3) is 5.91 Å². The lowest BCUT2D eigenvalue weighted by Crippen LogP contribution is -2.18. The molecule has 0 unspecified atom stereocenters. The fraction of sp³-hybridized carbons (Fsp3) is 0.0833. The van der Waals surface area contributed by atoms with Crippen LogP contribution in [-0.2, 0) is 11.3 Å². The first kappa shape index (κ1) is 13.5. The number of anilines is 2. The Morgan fingerprint density at radius 3 is 2.80 bits per heavy atom. The maximum atomic E-state index is 13.3. The lowest BCUT2D eigenvalue weighted by atomic mass is 10.2. The predicted molar refractivity (Wildman–Crippen MR) is 70.2 cm³/mol. The number of carbonyl (C=O) groups is 2. The van der Waals surface area contributed by atoms with E-state index in [1.807, 2.05) is 0 Å². The van der Waals surface area contributed by atoms with Crippen molar-refractivity contribution >= 4 is 23.2 Å². The van der Waals surface area contributed by atoms with Gasteiger partial charge < -0.3 is 16.8 Å². The highest BCUT2D eigenvalue weighted by Crippen LogP contribution is 2.14. The summed E-state index contributed by atoms with van der Waals surface area (Å²) in [5.74, 6) is -1.73. The van der Waals surface area contributed by atoms with E-state index in [1.54, 1.807) is 0 Å². The van der Waals surface area contributed by atoms with Gasteiger partial charge in [-0.25, -0.2) is 4.39 Å². The molecule has 1 heterocycles. The Labute approximate surface area is 113 Å². The summed E-state index contributed by atoms with van der Waals surface area (Å²) in [5.41, 5.74) is 10.8. The summed E-state index contributed by atoms with van der Waals surface area (Å²) < 4.78 is 14.5. The number of nitrogen functional groups attached to an aromatic ring is 1. The van der Waals surface area contributed by atoms with Crippen molar-refractivity contribution in [2.45, 2.75) is 6.54 Å². The standard InChI is InChI=1S/C12H12FN5O2/c13-9-3-7(1-2-10(9)14)12(20)17-8-4-16-18(5-8)6-11(15)19/h1-5H,6,14H2,(H2,15,19)(H,17,20). The van der Waals surface area contributed by atoms with Gasteiger partial charge in [-0.3, -0.25) is 14.3 Å². The second kappa shape index (κ2) is 5.39. The van der Waals surface area contributed by atoms with Crippen LogP contribution in [0.5, 0.6) is 0 Å². The van der Waals surface area contributed by atoms with Crippen molar-refractivity contribution in [1.82, 2.24) is 9.78 Å². The number of nitrogens with zero attached hydrogens (tertiary/aromatic N) is 2. The molecule has 1 aromatic heterocycles. The molecule has 5 N–H and O–H groups in total. The molecular formula is C12H12FN5O2. The van der Waals surface area contributed by atoms with E-state index in [2.05, 4.69) is 10.4 Å². The Morgan fingerprint density at radius 1 is 1.40 bits per heavy atom. The summed E-state index contributed by atoms with van der Waals surface area (Å²) in [6, 6.07) is 3.75. The number of carbonyl (C=O) groups excluding carboxylic acids is 2. The number of halogens is 1. The molecule has 104 valence electrons. The zero-order chi connectivity index (χ0) is 14.7. The molecule has 2 rings (SSSR count). The van der Waals surface area contributed by atoms with E-state index in [1.165, 1.54) is 29.2 Å². The summed E-state index contributed by atoms with van der Waals surface area (Å²) in [5, 5.41) is 6.36. The van der Waals surface area contributed by atoms with Crippen molar-refractivity contribution < 1.29 is 14.0 Å². The van der Waals surface area contributed by atoms with E-state index in [0.717, 1.165) is 6.07 Å². The van der Waals surface area contributed by atoms with E-state index in [9.17, 15) is 14.0 Å². The molecule has 0 saturated carbocycles. The van der Waals surface area contributed by atoms with Crippen molar-refractivity contribution in [1.29, 1.82) is 0 Å². The van der Waals surface area contributed by atoms with Crippen LogP contribution in [0.15, 0.2) is 30.6 Å². The zero-order valence-corrected chi connectivity index (χ0v) is 10.3. The molecule has 0 saturated heterocycles. The normalized spacial score (nSPS) is 10.2. The summed E-state index contributed by atoms with van der Waals surface area (Å²) >= 11 is 0. The van der Waals surface area contributed by atoms with Crippen molar-refractivity contribution in [3.05, 3.63) is 42.0 Å². The van der Waals surface area contributed by atoms with Crippen LogP contribution in [0.2, 0.25) is 0 Å². The van der Waals surface area contributed by atoms with E-state index >= 15 is 0 Å². The molecule has 0 fully saturated rings. The molecule has 0 aliphatic carbocycles. The summed E-state index contributed by atoms with van der Waals surface area (Å²) in [4.78, 5) is 22.6. The number of benzene rings is 1. The molecule has 2 amide bonds. The van der Waals surface area contributed by atoms with Gasteiger partial charge in [0.1, 0.15) is 12.4 Å². The van der Waals surface area contributed by atoms with Gasteiger partial charge in [-0.15, -0.1) is 0 Å². The van der Waals surface area contributed by atoms with Crippen LogP contribution < -0.4 is 16.8 Å². The SMILES string of the molecule is NC(=O)Cn1cc(NC(=O)c2ccc(N)c(F)c2)cn1. The highest BCUT2D eigenvalue weighted by Gasteiger charge is 2.10. The minimum Gasteiger partial charge on any atom is -0.396 e. The molecule has 2 aromatic rings. The number of nitrogens with two attached hydrogens (primary N) is 2. The van der Waals surface area contributed by atoms with E-state index in [4.69, 9.17) is 11.5 Å². The fourth-order valence-corrected chi connectivity index (χ4v) is 1.55. The molecule has 0 bridgehead atoms. The molecule has 0 radical (unpaired) electrons. The molecule has 0 aliphatic heterocycles. The summed E-state index contributed by atoms with van der Waals surface area (Å²) in [7, 11) is 0. The van der Waals surface area contributed by atoms with Gasteiger partial charge in [0.15, 0.2) is 0 Å². The largest absolute Gasteiger partial charge is 0.396 e. The highest BCUT2D eigenvalue weighted by atomic mass is 19.1. The predicted octanol–water partition coefficient (Wildman–Crippen LogP) is 0.342. The highest BCUT2D eigenvalue weighted by molar-refractivity contribution is 6.04. The third-order valence-electron chi connectivity index (χ3n) is 2.47. The number of aromatic nitrogens is 2. The Morgan fingerprint density at radius 2 is 2.15 bits per heavy atom. The molecule has 20 heavy (non-hydrogen) atoms. The van der Waals surface area contributed by atoms with Crippen LogP contribution in [0.4, 0.5) is 15.8 Å². The van der Waals surface area contributed by atoms with Gasteiger partial charge >= 0.3 is 0 Å². The first-order valence-corrected chi connectivity index (χ1v) is 5.63. The van der Waals surface area contributed by atoms with Crippen molar-refractivity contribution in [3.63, 3.8) is 0 Å². The smallest absolute Gasteiger partial charge is 0.255 e. The number of amides is 2. The Balaban J connectivity index is 2.09. The lowest BCUT2D eigenvalue weighted by molar-refractivity contribution is -0.118. The van der Waals surface area contributed by atoms with Crippen LogP contribution in [0.25, 0.3) is 0 Å². The van der Waals surface area contributed by atoms with E-state index < -0.39 is 17.6 Å². The minimum absolute atomic E-state index is 0.0316. The lowest BCUT2D eigenvalue weighted by Gasteiger charge is -2.03. The molecule has 1 aromatic carbocycles. The minimum atomic E-state index is -0.665. The number of hydrogen-bond donors (Lipinski definition) is 3. The molecule has 0 atom stereocenters. The van der Waals surface area contributed by atoms with Crippen molar-refractivity contribution in [2.75, 3.05) is 11.1 Å². The van der Waals surface area contributed by atoms with Gasteiger partial charge in [-0.2, -0.15) is 5.10 Å². The molecular weight excluding hydrogens is 265 g/mol. The molecule has 0 aliphatic rings. The maximum Gasteiger partial charge on any atom is 0.255 e. The summed E-state index contributed by atoms with van der Waals surface area (Å²) in [6.45, 7) is -0.0909. The summed E-state index contributed by atoms with van der Waals surface area (Å²) in [6.07, 6.45) is 2.80. The Kier molecular flexibility index (Phi) is 3.65. The third-order valence-corrected chi connectivity index (χ3v) is 2.47. The van der Waals surface area contributed by atoms with Crippen LogP contribution in [0.1, 0.15) is 10.4 Å². The average molecular weight is 277 g/mol. The average Bonchev–Trinajstić information content (AvgIpc) is 2.79. The first-order valence-electron chi connectivity index (χ1n) is 5.63. The Bertz CT molecular complexity index is 668. The van der Waals surface area contributed by atoms with Gasteiger partial charge in [0.05, 0.1) is 17.6 Å². The van der Waals surface area contributed by atoms with Gasteiger partial charge in [0.2, 0.25) is 5.91 Å². The maximum absolute atomic E-state index is 13.3. The zero-order valence-electron chi connectivity index (χ0n) is 10.3. The van der Waals surface area contributed by atoms with Gasteiger partial charge in [-0.1, -0.05) is 0 Å². The number of hydrogen-bond acceptors (Lipinski definition) is 4. The number of rotatable bonds is 4. The molecule has 0 spiro atoms. The second-order valence-electron chi connectivity index (χ2n) is 4.08. The van der Waals surface area contributed by atoms with E-state index in [0.29, 0.717) is 5.69 Å². The number of primary amides is 1. The third kappa shape index (κ3) is 3.10. The number of nitrogens with one attached hydrogen (secondary N) is 1. The molecule has 7 nitrogen and oxygen atoms in total. The van der Waals surface area contributed by atoms with Crippen LogP contribution >= 0.6 is 0 Å².